The fraction of sp³-hybridized carbons (Fsp3) is 0.286. The summed E-state index contributed by atoms with van der Waals surface area (Å²) in [4.78, 5) is 27.2. The Balaban J connectivity index is 2.05. The van der Waals surface area contributed by atoms with Crippen LogP contribution in [0.3, 0.4) is 0 Å². The van der Waals surface area contributed by atoms with Crippen LogP contribution in [0, 0.1) is 0 Å². The quantitative estimate of drug-likeness (QED) is 0.728. The number of amides is 1. The summed E-state index contributed by atoms with van der Waals surface area (Å²) in [7, 11) is 0. The van der Waals surface area contributed by atoms with Crippen molar-refractivity contribution in [2.75, 3.05) is 0 Å². The Morgan fingerprint density at radius 3 is 2.62 bits per heavy atom. The van der Waals surface area contributed by atoms with Gasteiger partial charge in [0.1, 0.15) is 11.9 Å². The minimum Gasteiger partial charge on any atom is -0.480 e. The summed E-state index contributed by atoms with van der Waals surface area (Å²) in [6.45, 7) is 1.87. The van der Waals surface area contributed by atoms with Gasteiger partial charge in [-0.05, 0) is 5.56 Å². The summed E-state index contributed by atoms with van der Waals surface area (Å²) < 4.78 is 0. The summed E-state index contributed by atoms with van der Waals surface area (Å²) in [6, 6.07) is 8.08. The number of hydrogen-bond acceptors (Lipinski definition) is 4. The number of H-pyrrole nitrogens is 1. The summed E-state index contributed by atoms with van der Waals surface area (Å²) in [5.74, 6) is -1.17. The number of carboxylic acids is 1. The van der Waals surface area contributed by atoms with Crippen LogP contribution in [0.1, 0.15) is 28.9 Å². The molecule has 0 saturated carbocycles. The minimum absolute atomic E-state index is 0.0499. The highest BCUT2D eigenvalue weighted by atomic mass is 16.4. The minimum atomic E-state index is -1.10. The maximum atomic E-state index is 12.0. The molecule has 7 nitrogen and oxygen atoms in total. The molecule has 0 spiro atoms. The number of aromatic amines is 1. The second kappa shape index (κ2) is 6.65. The average Bonchev–Trinajstić information content (AvgIpc) is 2.96. The summed E-state index contributed by atoms with van der Waals surface area (Å²) in [5, 5.41) is 18.0. The molecule has 0 unspecified atom stereocenters. The molecule has 3 N–H and O–H groups in total. The van der Waals surface area contributed by atoms with Gasteiger partial charge in [-0.25, -0.2) is 9.78 Å². The molecule has 0 fully saturated rings. The number of carboxylic acid groups (broad SMARTS) is 1. The zero-order valence-corrected chi connectivity index (χ0v) is 11.5. The Hall–Kier alpha value is -2.70. The van der Waals surface area contributed by atoms with E-state index >= 15 is 0 Å². The lowest BCUT2D eigenvalue weighted by Gasteiger charge is -2.13. The number of aliphatic carboxylic acids is 1. The molecule has 0 aliphatic rings. The molecule has 110 valence electrons. The van der Waals surface area contributed by atoms with Gasteiger partial charge in [0, 0.05) is 12.8 Å². The van der Waals surface area contributed by atoms with Crippen molar-refractivity contribution in [3.05, 3.63) is 47.5 Å². The van der Waals surface area contributed by atoms with Crippen molar-refractivity contribution < 1.29 is 14.7 Å². The molecule has 1 heterocycles. The van der Waals surface area contributed by atoms with E-state index in [-0.39, 0.29) is 12.2 Å². The SMILES string of the molecule is CCc1nc(C(=O)N[C@H](Cc2ccccc2)C(=O)O)n[nH]1. The molecule has 2 aromatic rings. The maximum Gasteiger partial charge on any atom is 0.326 e. The van der Waals surface area contributed by atoms with Crippen molar-refractivity contribution in [1.29, 1.82) is 0 Å². The summed E-state index contributed by atoms with van der Waals surface area (Å²) in [5.41, 5.74) is 0.828. The fourth-order valence-electron chi connectivity index (χ4n) is 1.83. The summed E-state index contributed by atoms with van der Waals surface area (Å²) >= 11 is 0. The predicted molar refractivity (Wildman–Crippen MR) is 74.8 cm³/mol. The topological polar surface area (TPSA) is 108 Å². The Kier molecular flexibility index (Phi) is 4.65. The van der Waals surface area contributed by atoms with Gasteiger partial charge in [0.05, 0.1) is 0 Å². The molecular formula is C14H16N4O3. The summed E-state index contributed by atoms with van der Waals surface area (Å²) in [6.07, 6.45) is 0.819. The number of hydrogen-bond donors (Lipinski definition) is 3. The van der Waals surface area contributed by atoms with E-state index in [1.165, 1.54) is 0 Å². The number of rotatable bonds is 6. The van der Waals surface area contributed by atoms with Crippen LogP contribution in [0.25, 0.3) is 0 Å². The smallest absolute Gasteiger partial charge is 0.326 e. The molecule has 0 saturated heterocycles. The van der Waals surface area contributed by atoms with E-state index in [0.29, 0.717) is 12.2 Å². The molecule has 0 radical (unpaired) electrons. The molecular weight excluding hydrogens is 272 g/mol. The monoisotopic (exact) mass is 288 g/mol. The van der Waals surface area contributed by atoms with Gasteiger partial charge in [0.2, 0.25) is 5.82 Å². The average molecular weight is 288 g/mol. The zero-order valence-electron chi connectivity index (χ0n) is 11.5. The van der Waals surface area contributed by atoms with Gasteiger partial charge in [0.15, 0.2) is 0 Å². The Morgan fingerprint density at radius 1 is 1.33 bits per heavy atom. The fourth-order valence-corrected chi connectivity index (χ4v) is 1.83. The van der Waals surface area contributed by atoms with Crippen LogP contribution in [-0.4, -0.2) is 38.2 Å². The lowest BCUT2D eigenvalue weighted by Crippen LogP contribution is -2.42. The number of nitrogens with zero attached hydrogens (tertiary/aromatic N) is 2. The second-order valence-electron chi connectivity index (χ2n) is 4.51. The van der Waals surface area contributed by atoms with E-state index in [0.717, 1.165) is 5.56 Å². The van der Waals surface area contributed by atoms with Gasteiger partial charge < -0.3 is 10.4 Å². The van der Waals surface area contributed by atoms with Crippen LogP contribution in [0.4, 0.5) is 0 Å². The van der Waals surface area contributed by atoms with Crippen LogP contribution in [0.15, 0.2) is 30.3 Å². The van der Waals surface area contributed by atoms with Gasteiger partial charge in [0.25, 0.3) is 5.91 Å². The third-order valence-electron chi connectivity index (χ3n) is 2.96. The van der Waals surface area contributed by atoms with Crippen molar-refractivity contribution >= 4 is 11.9 Å². The van der Waals surface area contributed by atoms with Crippen LogP contribution in [0.2, 0.25) is 0 Å². The largest absolute Gasteiger partial charge is 0.480 e. The van der Waals surface area contributed by atoms with E-state index < -0.39 is 17.9 Å². The first-order chi connectivity index (χ1) is 10.1. The molecule has 1 aromatic carbocycles. The molecule has 7 heteroatoms. The molecule has 0 aliphatic heterocycles. The van der Waals surface area contributed by atoms with Crippen molar-refractivity contribution in [2.24, 2.45) is 0 Å². The van der Waals surface area contributed by atoms with E-state index in [9.17, 15) is 14.7 Å². The molecule has 2 rings (SSSR count). The highest BCUT2D eigenvalue weighted by Gasteiger charge is 2.23. The molecule has 1 aromatic heterocycles. The Bertz CT molecular complexity index is 624. The van der Waals surface area contributed by atoms with Gasteiger partial charge in [-0.15, -0.1) is 5.10 Å². The maximum absolute atomic E-state index is 12.0. The van der Waals surface area contributed by atoms with Crippen LogP contribution in [0.5, 0.6) is 0 Å². The van der Waals surface area contributed by atoms with Gasteiger partial charge >= 0.3 is 5.97 Å². The van der Waals surface area contributed by atoms with Crippen LogP contribution in [-0.2, 0) is 17.6 Å². The Labute approximate surface area is 121 Å². The molecule has 0 bridgehead atoms. The van der Waals surface area contributed by atoms with E-state index in [4.69, 9.17) is 0 Å². The lowest BCUT2D eigenvalue weighted by atomic mass is 10.1. The Morgan fingerprint density at radius 2 is 2.05 bits per heavy atom. The number of carbonyl (C=O) groups excluding carboxylic acids is 1. The standard InChI is InChI=1S/C14H16N4O3/c1-2-11-16-12(18-17-11)13(19)15-10(14(20)21)8-9-6-4-3-5-7-9/h3-7,10H,2,8H2,1H3,(H,15,19)(H,20,21)(H,16,17,18)/t10-/m1/s1. The first-order valence-electron chi connectivity index (χ1n) is 6.59. The lowest BCUT2D eigenvalue weighted by molar-refractivity contribution is -0.139. The van der Waals surface area contributed by atoms with Gasteiger partial charge in [-0.3, -0.25) is 9.89 Å². The van der Waals surface area contributed by atoms with E-state index in [1.54, 1.807) is 0 Å². The van der Waals surface area contributed by atoms with Crippen molar-refractivity contribution in [3.63, 3.8) is 0 Å². The molecule has 1 atom stereocenters. The van der Waals surface area contributed by atoms with E-state index in [1.807, 2.05) is 37.3 Å². The molecule has 0 aliphatic carbocycles. The molecule has 21 heavy (non-hydrogen) atoms. The number of nitrogens with one attached hydrogen (secondary N) is 2. The zero-order chi connectivity index (χ0) is 15.2. The number of benzene rings is 1. The van der Waals surface area contributed by atoms with Gasteiger partial charge in [-0.2, -0.15) is 0 Å². The predicted octanol–water partition coefficient (Wildman–Crippen LogP) is 0.793. The number of aryl methyl sites for hydroxylation is 1. The molecule has 1 amide bonds. The number of carbonyl (C=O) groups is 2. The first kappa shape index (κ1) is 14.7. The highest BCUT2D eigenvalue weighted by Crippen LogP contribution is 2.04. The second-order valence-corrected chi connectivity index (χ2v) is 4.51. The van der Waals surface area contributed by atoms with Gasteiger partial charge in [-0.1, -0.05) is 37.3 Å². The third kappa shape index (κ3) is 3.88. The van der Waals surface area contributed by atoms with Crippen molar-refractivity contribution in [2.45, 2.75) is 25.8 Å². The highest BCUT2D eigenvalue weighted by molar-refractivity contribution is 5.93. The third-order valence-corrected chi connectivity index (χ3v) is 2.96. The van der Waals surface area contributed by atoms with Crippen LogP contribution >= 0.6 is 0 Å². The van der Waals surface area contributed by atoms with E-state index in [2.05, 4.69) is 20.5 Å². The van der Waals surface area contributed by atoms with Crippen molar-refractivity contribution in [1.82, 2.24) is 20.5 Å². The normalized spacial score (nSPS) is 11.9. The first-order valence-corrected chi connectivity index (χ1v) is 6.59. The number of aromatic nitrogens is 3. The van der Waals surface area contributed by atoms with Crippen molar-refractivity contribution in [3.8, 4) is 0 Å². The van der Waals surface area contributed by atoms with Crippen LogP contribution < -0.4 is 5.32 Å².